The van der Waals surface area contributed by atoms with Crippen LogP contribution in [0.5, 0.6) is 0 Å². The van der Waals surface area contributed by atoms with Gasteiger partial charge in [-0.05, 0) is 52.0 Å². The molecule has 1 aromatic carbocycles. The van der Waals surface area contributed by atoms with Crippen LogP contribution in [0.4, 0.5) is 0 Å². The van der Waals surface area contributed by atoms with E-state index in [-0.39, 0.29) is 5.91 Å². The van der Waals surface area contributed by atoms with E-state index in [0.717, 1.165) is 10.0 Å². The predicted octanol–water partition coefficient (Wildman–Crippen LogP) is 4.11. The molecule has 0 N–H and O–H groups in total. The van der Waals surface area contributed by atoms with Gasteiger partial charge in [0, 0.05) is 23.0 Å². The molecule has 0 saturated heterocycles. The van der Waals surface area contributed by atoms with Crippen molar-refractivity contribution < 1.29 is 9.53 Å². The zero-order chi connectivity index (χ0) is 15.2. The number of benzene rings is 1. The lowest BCUT2D eigenvalue weighted by Gasteiger charge is -2.22. The normalized spacial score (nSPS) is 10.6. The van der Waals surface area contributed by atoms with Gasteiger partial charge in [-0.25, -0.2) is 0 Å². The van der Waals surface area contributed by atoms with Gasteiger partial charge in [-0.1, -0.05) is 12.1 Å². The van der Waals surface area contributed by atoms with E-state index in [4.69, 9.17) is 4.74 Å². The molecule has 1 aromatic heterocycles. The van der Waals surface area contributed by atoms with Gasteiger partial charge in [0.25, 0.3) is 5.91 Å². The van der Waals surface area contributed by atoms with Crippen molar-refractivity contribution in [3.05, 3.63) is 56.2 Å². The van der Waals surface area contributed by atoms with Crippen LogP contribution in [-0.2, 0) is 11.3 Å². The van der Waals surface area contributed by atoms with Crippen molar-refractivity contribution in [2.24, 2.45) is 0 Å². The molecule has 0 atom stereocenters. The molecule has 0 unspecified atom stereocenters. The molecule has 0 saturated carbocycles. The van der Waals surface area contributed by atoms with Crippen molar-refractivity contribution in [1.82, 2.24) is 4.90 Å². The summed E-state index contributed by atoms with van der Waals surface area (Å²) < 4.78 is 5.96. The molecule has 112 valence electrons. The SMILES string of the molecule is COCCN(Cc1cccs1)C(=O)c1ccc(C)cc1Br. The van der Waals surface area contributed by atoms with Crippen molar-refractivity contribution in [2.45, 2.75) is 13.5 Å². The topological polar surface area (TPSA) is 29.5 Å². The summed E-state index contributed by atoms with van der Waals surface area (Å²) in [4.78, 5) is 15.7. The fourth-order valence-corrected chi connectivity index (χ4v) is 3.39. The Morgan fingerprint density at radius 3 is 2.81 bits per heavy atom. The Morgan fingerprint density at radius 1 is 1.38 bits per heavy atom. The maximum Gasteiger partial charge on any atom is 0.255 e. The second-order valence-corrected chi connectivity index (χ2v) is 6.67. The largest absolute Gasteiger partial charge is 0.383 e. The summed E-state index contributed by atoms with van der Waals surface area (Å²) in [7, 11) is 1.65. The van der Waals surface area contributed by atoms with Crippen LogP contribution in [0.1, 0.15) is 20.8 Å². The number of hydrogen-bond donors (Lipinski definition) is 0. The third-order valence-corrected chi connectivity index (χ3v) is 4.65. The highest BCUT2D eigenvalue weighted by atomic mass is 79.9. The molecule has 2 rings (SSSR count). The van der Waals surface area contributed by atoms with Crippen molar-refractivity contribution in [1.29, 1.82) is 0 Å². The van der Waals surface area contributed by atoms with Crippen LogP contribution in [0.25, 0.3) is 0 Å². The third kappa shape index (κ3) is 4.40. The quantitative estimate of drug-likeness (QED) is 0.768. The number of amides is 1. The lowest BCUT2D eigenvalue weighted by atomic mass is 10.1. The second-order valence-electron chi connectivity index (χ2n) is 4.78. The first-order chi connectivity index (χ1) is 10.1. The highest BCUT2D eigenvalue weighted by Crippen LogP contribution is 2.21. The van der Waals surface area contributed by atoms with Crippen LogP contribution in [0, 0.1) is 6.92 Å². The average molecular weight is 368 g/mol. The van der Waals surface area contributed by atoms with Crippen LogP contribution in [-0.4, -0.2) is 31.1 Å². The Bertz CT molecular complexity index is 598. The monoisotopic (exact) mass is 367 g/mol. The maximum atomic E-state index is 12.8. The van der Waals surface area contributed by atoms with Gasteiger partial charge in [0.1, 0.15) is 0 Å². The lowest BCUT2D eigenvalue weighted by Crippen LogP contribution is -2.33. The fraction of sp³-hybridized carbons (Fsp3) is 0.312. The van der Waals surface area contributed by atoms with E-state index >= 15 is 0 Å². The zero-order valence-electron chi connectivity index (χ0n) is 12.1. The molecule has 2 aromatic rings. The van der Waals surface area contributed by atoms with Gasteiger partial charge < -0.3 is 9.64 Å². The Morgan fingerprint density at radius 2 is 2.19 bits per heavy atom. The molecule has 0 aliphatic carbocycles. The van der Waals surface area contributed by atoms with E-state index in [1.54, 1.807) is 18.4 Å². The number of carbonyl (C=O) groups excluding carboxylic acids is 1. The molecule has 0 bridgehead atoms. The van der Waals surface area contributed by atoms with E-state index < -0.39 is 0 Å². The van der Waals surface area contributed by atoms with Crippen LogP contribution in [0.15, 0.2) is 40.2 Å². The van der Waals surface area contributed by atoms with Gasteiger partial charge in [-0.3, -0.25) is 4.79 Å². The van der Waals surface area contributed by atoms with Crippen molar-refractivity contribution >= 4 is 33.2 Å². The summed E-state index contributed by atoms with van der Waals surface area (Å²) in [6, 6.07) is 9.84. The van der Waals surface area contributed by atoms with Gasteiger partial charge in [0.05, 0.1) is 18.7 Å². The molecule has 3 nitrogen and oxygen atoms in total. The second kappa shape index (κ2) is 7.73. The number of aryl methyl sites for hydroxylation is 1. The molecule has 21 heavy (non-hydrogen) atoms. The Labute approximate surface area is 137 Å². The van der Waals surface area contributed by atoms with Crippen molar-refractivity contribution in [3.63, 3.8) is 0 Å². The maximum absolute atomic E-state index is 12.8. The summed E-state index contributed by atoms with van der Waals surface area (Å²) >= 11 is 5.14. The van der Waals surface area contributed by atoms with E-state index in [2.05, 4.69) is 15.9 Å². The molecule has 0 aliphatic rings. The first kappa shape index (κ1) is 16.2. The van der Waals surface area contributed by atoms with Crippen LogP contribution in [0.3, 0.4) is 0 Å². The molecular weight excluding hydrogens is 350 g/mol. The van der Waals surface area contributed by atoms with E-state index in [0.29, 0.717) is 25.3 Å². The highest BCUT2D eigenvalue weighted by Gasteiger charge is 2.18. The van der Waals surface area contributed by atoms with Crippen LogP contribution in [0.2, 0.25) is 0 Å². The average Bonchev–Trinajstić information content (AvgIpc) is 2.95. The van der Waals surface area contributed by atoms with Crippen LogP contribution >= 0.6 is 27.3 Å². The number of ether oxygens (including phenoxy) is 1. The minimum Gasteiger partial charge on any atom is -0.383 e. The Balaban J connectivity index is 2.20. The zero-order valence-corrected chi connectivity index (χ0v) is 14.5. The minimum absolute atomic E-state index is 0.0207. The van der Waals surface area contributed by atoms with Crippen molar-refractivity contribution in [2.75, 3.05) is 20.3 Å². The Hall–Kier alpha value is -1.17. The molecule has 1 heterocycles. The predicted molar refractivity (Wildman–Crippen MR) is 89.8 cm³/mol. The minimum atomic E-state index is 0.0207. The number of nitrogens with zero attached hydrogens (tertiary/aromatic N) is 1. The molecule has 0 spiro atoms. The molecule has 1 amide bonds. The first-order valence-electron chi connectivity index (χ1n) is 6.68. The number of carbonyl (C=O) groups is 1. The van der Waals surface area contributed by atoms with Gasteiger partial charge in [-0.2, -0.15) is 0 Å². The smallest absolute Gasteiger partial charge is 0.255 e. The first-order valence-corrected chi connectivity index (χ1v) is 8.36. The summed E-state index contributed by atoms with van der Waals surface area (Å²) in [5.74, 6) is 0.0207. The third-order valence-electron chi connectivity index (χ3n) is 3.13. The standard InChI is InChI=1S/C16H18BrNO2S/c1-12-5-6-14(15(17)10-12)16(19)18(7-8-20-2)11-13-4-3-9-21-13/h3-6,9-10H,7-8,11H2,1-2H3. The van der Waals surface area contributed by atoms with Gasteiger partial charge in [0.15, 0.2) is 0 Å². The summed E-state index contributed by atoms with van der Waals surface area (Å²) in [5.41, 5.74) is 1.81. The van der Waals surface area contributed by atoms with Gasteiger partial charge in [-0.15, -0.1) is 11.3 Å². The molecule has 0 fully saturated rings. The van der Waals surface area contributed by atoms with Crippen LogP contribution < -0.4 is 0 Å². The number of hydrogen-bond acceptors (Lipinski definition) is 3. The number of halogens is 1. The fourth-order valence-electron chi connectivity index (χ4n) is 2.01. The van der Waals surface area contributed by atoms with E-state index in [9.17, 15) is 4.79 Å². The molecule has 0 radical (unpaired) electrons. The Kier molecular flexibility index (Phi) is 5.96. The van der Waals surface area contributed by atoms with E-state index in [1.807, 2.05) is 47.5 Å². The number of rotatable bonds is 6. The van der Waals surface area contributed by atoms with Gasteiger partial charge >= 0.3 is 0 Å². The molecular formula is C16H18BrNO2S. The number of methoxy groups -OCH3 is 1. The summed E-state index contributed by atoms with van der Waals surface area (Å²) in [6.45, 7) is 3.72. The number of thiophene rings is 1. The molecule has 5 heteroatoms. The highest BCUT2D eigenvalue weighted by molar-refractivity contribution is 9.10. The van der Waals surface area contributed by atoms with Gasteiger partial charge in [0.2, 0.25) is 0 Å². The lowest BCUT2D eigenvalue weighted by molar-refractivity contribution is 0.0681. The summed E-state index contributed by atoms with van der Waals surface area (Å²) in [5, 5.41) is 2.02. The van der Waals surface area contributed by atoms with Crippen molar-refractivity contribution in [3.8, 4) is 0 Å². The summed E-state index contributed by atoms with van der Waals surface area (Å²) in [6.07, 6.45) is 0. The van der Waals surface area contributed by atoms with E-state index in [1.165, 1.54) is 4.88 Å². The molecule has 0 aliphatic heterocycles.